The number of fused-ring (bicyclic) bond motifs is 1. The zero-order valence-electron chi connectivity index (χ0n) is 13.7. The standard InChI is InChI=1S/C18H25N3O/c1-12(2)18-19-15-7-6-14(9-16(15)20-18)17(22)11-21-8-4-5-13(3)10-21/h6-7,9,12-13H,4-5,8,10-11H2,1-3H3,(H,19,20). The van der Waals surface area contributed by atoms with Gasteiger partial charge in [-0.25, -0.2) is 4.98 Å². The number of ketones is 1. The van der Waals surface area contributed by atoms with Gasteiger partial charge in [0, 0.05) is 18.0 Å². The van der Waals surface area contributed by atoms with Gasteiger partial charge in [0.2, 0.25) is 0 Å². The Hall–Kier alpha value is -1.68. The van der Waals surface area contributed by atoms with E-state index in [0.717, 1.165) is 35.5 Å². The number of nitrogens with zero attached hydrogens (tertiary/aromatic N) is 2. The molecule has 1 aliphatic heterocycles. The first kappa shape index (κ1) is 15.2. The summed E-state index contributed by atoms with van der Waals surface area (Å²) in [5.74, 6) is 2.24. The van der Waals surface area contributed by atoms with Crippen LogP contribution in [0, 0.1) is 5.92 Å². The molecule has 2 aromatic rings. The summed E-state index contributed by atoms with van der Waals surface area (Å²) in [5, 5.41) is 0. The molecule has 0 amide bonds. The van der Waals surface area contributed by atoms with Crippen LogP contribution in [0.5, 0.6) is 0 Å². The summed E-state index contributed by atoms with van der Waals surface area (Å²) in [7, 11) is 0. The lowest BCUT2D eigenvalue weighted by Gasteiger charge is -2.30. The van der Waals surface area contributed by atoms with E-state index < -0.39 is 0 Å². The molecule has 2 heterocycles. The molecule has 4 nitrogen and oxygen atoms in total. The number of likely N-dealkylation sites (tertiary alicyclic amines) is 1. The number of H-pyrrole nitrogens is 1. The van der Waals surface area contributed by atoms with Crippen molar-refractivity contribution in [3.8, 4) is 0 Å². The first-order valence-electron chi connectivity index (χ1n) is 8.28. The van der Waals surface area contributed by atoms with E-state index in [1.54, 1.807) is 0 Å². The van der Waals surface area contributed by atoms with Gasteiger partial charge in [-0.3, -0.25) is 9.69 Å². The van der Waals surface area contributed by atoms with Crippen molar-refractivity contribution in [3.05, 3.63) is 29.6 Å². The number of piperidine rings is 1. The van der Waals surface area contributed by atoms with Crippen LogP contribution in [0.15, 0.2) is 18.2 Å². The zero-order valence-corrected chi connectivity index (χ0v) is 13.7. The van der Waals surface area contributed by atoms with Crippen LogP contribution in [-0.2, 0) is 0 Å². The van der Waals surface area contributed by atoms with Gasteiger partial charge in [-0.15, -0.1) is 0 Å². The van der Waals surface area contributed by atoms with Gasteiger partial charge in [-0.05, 0) is 43.5 Å². The average Bonchev–Trinajstić information content (AvgIpc) is 2.90. The van der Waals surface area contributed by atoms with E-state index in [9.17, 15) is 4.79 Å². The number of imidazole rings is 1. The highest BCUT2D eigenvalue weighted by Gasteiger charge is 2.19. The lowest BCUT2D eigenvalue weighted by Crippen LogP contribution is -2.37. The van der Waals surface area contributed by atoms with Crippen LogP contribution in [0.4, 0.5) is 0 Å². The fourth-order valence-electron chi connectivity index (χ4n) is 3.20. The number of aromatic amines is 1. The van der Waals surface area contributed by atoms with Crippen LogP contribution in [0.2, 0.25) is 0 Å². The number of carbonyl (C=O) groups is 1. The fraction of sp³-hybridized carbons (Fsp3) is 0.556. The minimum Gasteiger partial charge on any atom is -0.342 e. The Morgan fingerprint density at radius 3 is 3.00 bits per heavy atom. The maximum atomic E-state index is 12.5. The molecule has 118 valence electrons. The van der Waals surface area contributed by atoms with Gasteiger partial charge in [-0.2, -0.15) is 0 Å². The predicted molar refractivity (Wildman–Crippen MR) is 89.4 cm³/mol. The molecular formula is C18H25N3O. The lowest BCUT2D eigenvalue weighted by molar-refractivity contribution is 0.0893. The van der Waals surface area contributed by atoms with Gasteiger partial charge in [-0.1, -0.05) is 20.8 Å². The fourth-order valence-corrected chi connectivity index (χ4v) is 3.20. The number of benzene rings is 1. The van der Waals surface area contributed by atoms with E-state index in [-0.39, 0.29) is 5.78 Å². The Kier molecular flexibility index (Phi) is 4.30. The van der Waals surface area contributed by atoms with E-state index >= 15 is 0 Å². The number of Topliss-reactive ketones (excluding diaryl/α,β-unsaturated/α-hetero) is 1. The molecule has 1 aliphatic rings. The minimum atomic E-state index is 0.205. The second kappa shape index (κ2) is 6.21. The van der Waals surface area contributed by atoms with Crippen molar-refractivity contribution in [2.75, 3.05) is 19.6 Å². The number of carbonyl (C=O) groups excluding carboxylic acids is 1. The third-order valence-corrected chi connectivity index (χ3v) is 4.48. The van der Waals surface area contributed by atoms with E-state index in [1.807, 2.05) is 18.2 Å². The molecule has 1 aromatic heterocycles. The first-order chi connectivity index (χ1) is 10.5. The van der Waals surface area contributed by atoms with Crippen molar-refractivity contribution in [2.24, 2.45) is 5.92 Å². The van der Waals surface area contributed by atoms with Crippen LogP contribution in [0.3, 0.4) is 0 Å². The molecular weight excluding hydrogens is 274 g/mol. The molecule has 1 saturated heterocycles. The van der Waals surface area contributed by atoms with Gasteiger partial charge < -0.3 is 4.98 Å². The monoisotopic (exact) mass is 299 g/mol. The van der Waals surface area contributed by atoms with Crippen molar-refractivity contribution in [1.82, 2.24) is 14.9 Å². The normalized spacial score (nSPS) is 19.9. The van der Waals surface area contributed by atoms with Gasteiger partial charge in [0.1, 0.15) is 5.82 Å². The minimum absolute atomic E-state index is 0.205. The molecule has 1 unspecified atom stereocenters. The van der Waals surface area contributed by atoms with Crippen molar-refractivity contribution in [3.63, 3.8) is 0 Å². The van der Waals surface area contributed by atoms with Crippen LogP contribution < -0.4 is 0 Å². The van der Waals surface area contributed by atoms with Gasteiger partial charge >= 0.3 is 0 Å². The second-order valence-electron chi connectivity index (χ2n) is 6.91. The van der Waals surface area contributed by atoms with Crippen LogP contribution >= 0.6 is 0 Å². The lowest BCUT2D eigenvalue weighted by atomic mass is 9.99. The molecule has 22 heavy (non-hydrogen) atoms. The summed E-state index contributed by atoms with van der Waals surface area (Å²) in [4.78, 5) is 22.7. The molecule has 0 spiro atoms. The number of rotatable bonds is 4. The summed E-state index contributed by atoms with van der Waals surface area (Å²) in [6.07, 6.45) is 2.48. The maximum Gasteiger partial charge on any atom is 0.176 e. The molecule has 4 heteroatoms. The number of hydrogen-bond donors (Lipinski definition) is 1. The van der Waals surface area contributed by atoms with Gasteiger partial charge in [0.25, 0.3) is 0 Å². The maximum absolute atomic E-state index is 12.5. The molecule has 3 rings (SSSR count). The quantitative estimate of drug-likeness (QED) is 0.878. The Morgan fingerprint density at radius 2 is 2.27 bits per heavy atom. The molecule has 0 bridgehead atoms. The van der Waals surface area contributed by atoms with Crippen LogP contribution in [0.1, 0.15) is 55.7 Å². The van der Waals surface area contributed by atoms with E-state index in [1.165, 1.54) is 12.8 Å². The molecule has 1 atom stereocenters. The van der Waals surface area contributed by atoms with Gasteiger partial charge in [0.05, 0.1) is 17.6 Å². The summed E-state index contributed by atoms with van der Waals surface area (Å²) in [5.41, 5.74) is 2.68. The highest BCUT2D eigenvalue weighted by atomic mass is 16.1. The first-order valence-corrected chi connectivity index (χ1v) is 8.28. The molecule has 0 aliphatic carbocycles. The molecule has 1 aromatic carbocycles. The van der Waals surface area contributed by atoms with Crippen molar-refractivity contribution < 1.29 is 4.79 Å². The van der Waals surface area contributed by atoms with E-state index in [2.05, 4.69) is 35.6 Å². The summed E-state index contributed by atoms with van der Waals surface area (Å²) in [6.45, 7) is 9.10. The highest BCUT2D eigenvalue weighted by molar-refractivity contribution is 6.00. The molecule has 0 radical (unpaired) electrons. The summed E-state index contributed by atoms with van der Waals surface area (Å²) in [6, 6.07) is 5.80. The second-order valence-corrected chi connectivity index (χ2v) is 6.91. The third kappa shape index (κ3) is 3.22. The molecule has 1 fully saturated rings. The third-order valence-electron chi connectivity index (χ3n) is 4.48. The van der Waals surface area contributed by atoms with Crippen molar-refractivity contribution in [1.29, 1.82) is 0 Å². The smallest absolute Gasteiger partial charge is 0.176 e. The zero-order chi connectivity index (χ0) is 15.7. The summed E-state index contributed by atoms with van der Waals surface area (Å²) >= 11 is 0. The Labute approximate surface area is 131 Å². The largest absolute Gasteiger partial charge is 0.342 e. The number of aromatic nitrogens is 2. The number of nitrogens with one attached hydrogen (secondary N) is 1. The van der Waals surface area contributed by atoms with Crippen molar-refractivity contribution >= 4 is 16.8 Å². The topological polar surface area (TPSA) is 49.0 Å². The average molecular weight is 299 g/mol. The Balaban J connectivity index is 1.76. The van der Waals surface area contributed by atoms with Crippen LogP contribution in [0.25, 0.3) is 11.0 Å². The van der Waals surface area contributed by atoms with Crippen LogP contribution in [-0.4, -0.2) is 40.3 Å². The van der Waals surface area contributed by atoms with E-state index in [4.69, 9.17) is 0 Å². The molecule has 0 saturated carbocycles. The molecule has 1 N–H and O–H groups in total. The highest BCUT2D eigenvalue weighted by Crippen LogP contribution is 2.20. The van der Waals surface area contributed by atoms with Gasteiger partial charge in [0.15, 0.2) is 5.78 Å². The predicted octanol–water partition coefficient (Wildman–Crippen LogP) is 3.60. The SMILES string of the molecule is CC1CCCN(CC(=O)c2ccc3nc(C(C)C)[nH]c3c2)C1. The number of hydrogen-bond acceptors (Lipinski definition) is 3. The van der Waals surface area contributed by atoms with E-state index in [0.29, 0.717) is 18.4 Å². The Bertz CT molecular complexity index is 674. The Morgan fingerprint density at radius 1 is 1.45 bits per heavy atom. The van der Waals surface area contributed by atoms with Crippen molar-refractivity contribution in [2.45, 2.75) is 39.5 Å². The summed E-state index contributed by atoms with van der Waals surface area (Å²) < 4.78 is 0.